The summed E-state index contributed by atoms with van der Waals surface area (Å²) in [5, 5.41) is 0.224. The Balaban J connectivity index is 1.80. The molecule has 0 saturated carbocycles. The van der Waals surface area contributed by atoms with E-state index < -0.39 is 10.0 Å². The molecular formula is C19H23ClN2O3S. The number of rotatable bonds is 7. The Morgan fingerprint density at radius 1 is 1.12 bits per heavy atom. The molecule has 1 fully saturated rings. The fourth-order valence-corrected chi connectivity index (χ4v) is 4.82. The molecule has 1 aliphatic heterocycles. The van der Waals surface area contributed by atoms with Crippen molar-refractivity contribution in [2.24, 2.45) is 0 Å². The summed E-state index contributed by atoms with van der Waals surface area (Å²) in [7, 11) is -2.04. The van der Waals surface area contributed by atoms with Crippen LogP contribution in [-0.4, -0.2) is 40.1 Å². The van der Waals surface area contributed by atoms with Crippen LogP contribution in [0.15, 0.2) is 53.4 Å². The molecule has 1 aliphatic rings. The van der Waals surface area contributed by atoms with E-state index in [0.717, 1.165) is 37.2 Å². The Kier molecular flexibility index (Phi) is 6.19. The van der Waals surface area contributed by atoms with E-state index in [1.165, 1.54) is 6.07 Å². The second-order valence-electron chi connectivity index (χ2n) is 6.31. The van der Waals surface area contributed by atoms with Crippen LogP contribution in [0.4, 0.5) is 0 Å². The summed E-state index contributed by atoms with van der Waals surface area (Å²) >= 11 is 6.06. The van der Waals surface area contributed by atoms with Crippen LogP contribution in [0.25, 0.3) is 0 Å². The molecule has 7 heteroatoms. The molecule has 1 N–H and O–H groups in total. The Hall–Kier alpha value is -1.60. The van der Waals surface area contributed by atoms with Crippen molar-refractivity contribution in [3.05, 3.63) is 59.1 Å². The summed E-state index contributed by atoms with van der Waals surface area (Å²) < 4.78 is 33.3. The lowest BCUT2D eigenvalue weighted by Crippen LogP contribution is -2.36. The highest BCUT2D eigenvalue weighted by atomic mass is 35.5. The minimum Gasteiger partial charge on any atom is -0.497 e. The van der Waals surface area contributed by atoms with Gasteiger partial charge in [-0.1, -0.05) is 35.9 Å². The first-order chi connectivity index (χ1) is 12.5. The van der Waals surface area contributed by atoms with Gasteiger partial charge < -0.3 is 4.74 Å². The molecule has 26 heavy (non-hydrogen) atoms. The van der Waals surface area contributed by atoms with Gasteiger partial charge in [0.05, 0.1) is 12.1 Å². The molecule has 0 aromatic heterocycles. The van der Waals surface area contributed by atoms with Crippen molar-refractivity contribution < 1.29 is 13.2 Å². The second-order valence-corrected chi connectivity index (χ2v) is 8.46. The van der Waals surface area contributed by atoms with Crippen molar-refractivity contribution in [3.8, 4) is 5.75 Å². The molecule has 140 valence electrons. The van der Waals surface area contributed by atoms with Crippen molar-refractivity contribution in [1.29, 1.82) is 0 Å². The van der Waals surface area contributed by atoms with Crippen LogP contribution in [-0.2, 0) is 10.0 Å². The second kappa shape index (κ2) is 8.39. The lowest BCUT2D eigenvalue weighted by atomic mass is 10.1. The Morgan fingerprint density at radius 2 is 1.77 bits per heavy atom. The molecule has 5 nitrogen and oxygen atoms in total. The van der Waals surface area contributed by atoms with E-state index in [9.17, 15) is 8.42 Å². The predicted octanol–water partition coefficient (Wildman–Crippen LogP) is 3.46. The number of hydrogen-bond donors (Lipinski definition) is 1. The minimum absolute atomic E-state index is 0.0272. The summed E-state index contributed by atoms with van der Waals surface area (Å²) in [6.45, 7) is 2.22. The van der Waals surface area contributed by atoms with E-state index >= 15 is 0 Å². The fraction of sp³-hybridized carbons (Fsp3) is 0.368. The van der Waals surface area contributed by atoms with Gasteiger partial charge in [-0.05, 0) is 55.8 Å². The van der Waals surface area contributed by atoms with Crippen LogP contribution in [0.5, 0.6) is 5.75 Å². The molecule has 2 aromatic rings. The van der Waals surface area contributed by atoms with Gasteiger partial charge in [0, 0.05) is 12.6 Å². The van der Waals surface area contributed by atoms with E-state index in [2.05, 4.69) is 9.62 Å². The van der Waals surface area contributed by atoms with Gasteiger partial charge in [-0.2, -0.15) is 0 Å². The van der Waals surface area contributed by atoms with Gasteiger partial charge in [0.25, 0.3) is 0 Å². The smallest absolute Gasteiger partial charge is 0.242 e. The molecule has 1 atom stereocenters. The Labute approximate surface area is 160 Å². The zero-order valence-corrected chi connectivity index (χ0v) is 16.3. The number of methoxy groups -OCH3 is 1. The number of nitrogens with zero attached hydrogens (tertiary/aromatic N) is 1. The third-order valence-electron chi connectivity index (χ3n) is 4.67. The Morgan fingerprint density at radius 3 is 2.38 bits per heavy atom. The zero-order chi connectivity index (χ0) is 18.6. The molecule has 0 radical (unpaired) electrons. The summed E-state index contributed by atoms with van der Waals surface area (Å²) in [6.07, 6.45) is 2.26. The number of halogens is 1. The standard InChI is InChI=1S/C19H23ClN2O3S/c1-25-16-10-8-15(9-11-16)18(22-12-4-5-13-22)14-21-26(23,24)19-7-3-2-6-17(19)20/h2-3,6-11,18,21H,4-5,12-14H2,1H3. The van der Waals surface area contributed by atoms with E-state index in [0.29, 0.717) is 6.54 Å². The lowest BCUT2D eigenvalue weighted by Gasteiger charge is -2.28. The third kappa shape index (κ3) is 4.38. The number of benzene rings is 2. The van der Waals surface area contributed by atoms with Gasteiger partial charge in [0.2, 0.25) is 10.0 Å². The van der Waals surface area contributed by atoms with Crippen molar-refractivity contribution in [3.63, 3.8) is 0 Å². The van der Waals surface area contributed by atoms with Gasteiger partial charge in [-0.25, -0.2) is 13.1 Å². The maximum absolute atomic E-state index is 12.7. The van der Waals surface area contributed by atoms with Crippen LogP contribution < -0.4 is 9.46 Å². The van der Waals surface area contributed by atoms with Crippen molar-refractivity contribution in [2.75, 3.05) is 26.7 Å². The number of hydrogen-bond acceptors (Lipinski definition) is 4. The van der Waals surface area contributed by atoms with Crippen molar-refractivity contribution >= 4 is 21.6 Å². The van der Waals surface area contributed by atoms with Gasteiger partial charge >= 0.3 is 0 Å². The van der Waals surface area contributed by atoms with Crippen LogP contribution in [0, 0.1) is 0 Å². The first-order valence-electron chi connectivity index (χ1n) is 8.63. The van der Waals surface area contributed by atoms with Gasteiger partial charge in [0.15, 0.2) is 0 Å². The van der Waals surface area contributed by atoms with Crippen LogP contribution in [0.2, 0.25) is 5.02 Å². The number of ether oxygens (including phenoxy) is 1. The van der Waals surface area contributed by atoms with E-state index in [-0.39, 0.29) is 16.0 Å². The largest absolute Gasteiger partial charge is 0.497 e. The monoisotopic (exact) mass is 394 g/mol. The molecule has 0 spiro atoms. The molecule has 1 unspecified atom stereocenters. The van der Waals surface area contributed by atoms with Crippen molar-refractivity contribution in [1.82, 2.24) is 9.62 Å². The summed E-state index contributed by atoms with van der Waals surface area (Å²) in [5.41, 5.74) is 1.06. The normalized spacial score (nSPS) is 16.5. The maximum atomic E-state index is 12.7. The first-order valence-corrected chi connectivity index (χ1v) is 10.5. The van der Waals surface area contributed by atoms with Gasteiger partial charge in [-0.3, -0.25) is 4.90 Å². The molecule has 0 aliphatic carbocycles. The molecular weight excluding hydrogens is 372 g/mol. The van der Waals surface area contributed by atoms with Gasteiger partial charge in [0.1, 0.15) is 10.6 Å². The SMILES string of the molecule is COc1ccc(C(CNS(=O)(=O)c2ccccc2Cl)N2CCCC2)cc1. The maximum Gasteiger partial charge on any atom is 0.242 e. The number of nitrogens with one attached hydrogen (secondary N) is 1. The van der Waals surface area contributed by atoms with E-state index in [4.69, 9.17) is 16.3 Å². The van der Waals surface area contributed by atoms with Crippen LogP contribution >= 0.6 is 11.6 Å². The fourth-order valence-electron chi connectivity index (χ4n) is 3.27. The van der Waals surface area contributed by atoms with E-state index in [1.807, 2.05) is 24.3 Å². The average molecular weight is 395 g/mol. The highest BCUT2D eigenvalue weighted by molar-refractivity contribution is 7.89. The topological polar surface area (TPSA) is 58.6 Å². The molecule has 2 aromatic carbocycles. The minimum atomic E-state index is -3.67. The number of likely N-dealkylation sites (tertiary alicyclic amines) is 1. The summed E-state index contributed by atoms with van der Waals surface area (Å²) in [5.74, 6) is 0.783. The van der Waals surface area contributed by atoms with Crippen LogP contribution in [0.1, 0.15) is 24.4 Å². The summed E-state index contributed by atoms with van der Waals surface area (Å²) in [6, 6.07) is 14.2. The third-order valence-corrected chi connectivity index (χ3v) is 6.60. The van der Waals surface area contributed by atoms with Crippen molar-refractivity contribution in [2.45, 2.75) is 23.8 Å². The molecule has 0 bridgehead atoms. The number of sulfonamides is 1. The molecule has 3 rings (SSSR count). The predicted molar refractivity (Wildman–Crippen MR) is 103 cm³/mol. The zero-order valence-electron chi connectivity index (χ0n) is 14.7. The van der Waals surface area contributed by atoms with Gasteiger partial charge in [-0.15, -0.1) is 0 Å². The average Bonchev–Trinajstić information content (AvgIpc) is 3.17. The highest BCUT2D eigenvalue weighted by Gasteiger charge is 2.26. The molecule has 0 amide bonds. The molecule has 1 saturated heterocycles. The van der Waals surface area contributed by atoms with E-state index in [1.54, 1.807) is 25.3 Å². The Bertz CT molecular complexity index is 834. The van der Waals surface area contributed by atoms with Crippen LogP contribution in [0.3, 0.4) is 0 Å². The quantitative estimate of drug-likeness (QED) is 0.781. The first kappa shape index (κ1) is 19.2. The lowest BCUT2D eigenvalue weighted by molar-refractivity contribution is 0.246. The highest BCUT2D eigenvalue weighted by Crippen LogP contribution is 2.27. The summed E-state index contributed by atoms with van der Waals surface area (Å²) in [4.78, 5) is 2.42. The molecule has 1 heterocycles.